The Bertz CT molecular complexity index is 496. The van der Waals surface area contributed by atoms with Crippen LogP contribution in [0, 0.1) is 0 Å². The quantitative estimate of drug-likeness (QED) is 0.415. The first kappa shape index (κ1) is 13.1. The van der Waals surface area contributed by atoms with Crippen molar-refractivity contribution >= 4 is 16.0 Å². The number of nitrogens with zero attached hydrogens (tertiary/aromatic N) is 2. The van der Waals surface area contributed by atoms with E-state index < -0.39 is 15.1 Å². The van der Waals surface area contributed by atoms with E-state index >= 15 is 0 Å². The van der Waals surface area contributed by atoms with Crippen LogP contribution in [0.15, 0.2) is 16.4 Å². The topological polar surface area (TPSA) is 117 Å². The Balaban J connectivity index is 0.00000128. The number of hydrogen-bond acceptors (Lipinski definition) is 7. The molecule has 0 atom stereocenters. The summed E-state index contributed by atoms with van der Waals surface area (Å²) in [7, 11) is -4.62. The van der Waals surface area contributed by atoms with Gasteiger partial charge in [-0.2, -0.15) is 5.10 Å². The molecule has 0 fully saturated rings. The fourth-order valence-electron chi connectivity index (χ4n) is 1.05. The molecule has 82 valence electrons. The first-order valence-electron chi connectivity index (χ1n) is 3.91. The smallest absolute Gasteiger partial charge is 0.743 e. The number of aromatic nitrogens is 2. The summed E-state index contributed by atoms with van der Waals surface area (Å²) in [5.74, 6) is -0.0653. The summed E-state index contributed by atoms with van der Waals surface area (Å²) >= 11 is 0. The Kier molecular flexibility index (Phi) is 3.98. The third-order valence-electron chi connectivity index (χ3n) is 1.65. The molecule has 1 N–H and O–H groups in total. The SMILES string of the molecule is O=S(=O)([O-])c1[nH]ncc1C1=NOCCO1.[Li+]. The number of hydrogen-bond donors (Lipinski definition) is 1. The molecule has 0 unspecified atom stereocenters. The van der Waals surface area contributed by atoms with E-state index in [4.69, 9.17) is 9.57 Å². The van der Waals surface area contributed by atoms with E-state index in [1.54, 1.807) is 0 Å². The second-order valence-corrected chi connectivity index (χ2v) is 3.96. The Morgan fingerprint density at radius 3 is 2.75 bits per heavy atom. The van der Waals surface area contributed by atoms with Crippen LogP contribution < -0.4 is 18.9 Å². The Labute approximate surface area is 103 Å². The van der Waals surface area contributed by atoms with Gasteiger partial charge in [-0.05, 0) is 5.16 Å². The molecule has 0 bridgehead atoms. The predicted octanol–water partition coefficient (Wildman–Crippen LogP) is -3.97. The van der Waals surface area contributed by atoms with Crippen LogP contribution in [0.4, 0.5) is 0 Å². The van der Waals surface area contributed by atoms with E-state index in [9.17, 15) is 13.0 Å². The minimum absolute atomic E-state index is 0. The second kappa shape index (κ2) is 4.88. The van der Waals surface area contributed by atoms with E-state index in [0.29, 0.717) is 0 Å². The monoisotopic (exact) mass is 239 g/mol. The number of aromatic amines is 1. The maximum absolute atomic E-state index is 10.8. The fraction of sp³-hybridized carbons (Fsp3) is 0.333. The standard InChI is InChI=1S/C6H7N3O5S.Li/c10-15(11,12)6-4(3-7-8-6)5-9-14-2-1-13-5;/h3H,1-2H2,(H,7,8)(H,10,11,12);/q;+1/p-1. The van der Waals surface area contributed by atoms with Crippen LogP contribution in [0.3, 0.4) is 0 Å². The van der Waals surface area contributed by atoms with Crippen molar-refractivity contribution in [3.05, 3.63) is 11.8 Å². The predicted molar refractivity (Wildman–Crippen MR) is 45.0 cm³/mol. The van der Waals surface area contributed by atoms with Crippen LogP contribution in [-0.4, -0.2) is 42.3 Å². The summed E-state index contributed by atoms with van der Waals surface area (Å²) in [4.78, 5) is 4.70. The number of H-pyrrole nitrogens is 1. The van der Waals surface area contributed by atoms with Gasteiger partial charge in [0.05, 0.1) is 11.8 Å². The average Bonchev–Trinajstić information content (AvgIpc) is 2.67. The van der Waals surface area contributed by atoms with Crippen molar-refractivity contribution in [1.29, 1.82) is 0 Å². The molecule has 2 heterocycles. The Hall–Kier alpha value is -1.01. The molecule has 0 aliphatic carbocycles. The fourth-order valence-corrected chi connectivity index (χ4v) is 1.62. The van der Waals surface area contributed by atoms with Gasteiger partial charge in [0.15, 0.2) is 11.6 Å². The number of nitrogens with one attached hydrogen (secondary N) is 1. The van der Waals surface area contributed by atoms with Crippen LogP contribution >= 0.6 is 0 Å². The van der Waals surface area contributed by atoms with Crippen LogP contribution in [0.1, 0.15) is 5.56 Å². The van der Waals surface area contributed by atoms with E-state index in [0.717, 1.165) is 6.20 Å². The van der Waals surface area contributed by atoms with E-state index in [2.05, 4.69) is 15.4 Å². The molecule has 0 radical (unpaired) electrons. The molecule has 8 nitrogen and oxygen atoms in total. The number of ether oxygens (including phenoxy) is 1. The molecule has 2 rings (SSSR count). The Morgan fingerprint density at radius 1 is 1.44 bits per heavy atom. The van der Waals surface area contributed by atoms with E-state index in [-0.39, 0.29) is 43.5 Å². The molecule has 1 aliphatic heterocycles. The van der Waals surface area contributed by atoms with Crippen molar-refractivity contribution in [1.82, 2.24) is 10.2 Å². The van der Waals surface area contributed by atoms with Gasteiger partial charge in [-0.25, -0.2) is 8.42 Å². The summed E-state index contributed by atoms with van der Waals surface area (Å²) in [6.45, 7) is 0.517. The molecule has 0 amide bonds. The molecule has 10 heteroatoms. The van der Waals surface area contributed by atoms with E-state index in [1.165, 1.54) is 0 Å². The molecular weight excluding hydrogens is 233 g/mol. The van der Waals surface area contributed by atoms with E-state index in [1.807, 2.05) is 0 Å². The summed E-state index contributed by atoms with van der Waals surface area (Å²) < 4.78 is 37.4. The Morgan fingerprint density at radius 2 is 2.19 bits per heavy atom. The zero-order valence-electron chi connectivity index (χ0n) is 8.34. The minimum atomic E-state index is -4.62. The summed E-state index contributed by atoms with van der Waals surface area (Å²) in [6, 6.07) is 0. The average molecular weight is 239 g/mol. The van der Waals surface area contributed by atoms with Gasteiger partial charge in [-0.15, -0.1) is 0 Å². The van der Waals surface area contributed by atoms with Gasteiger partial charge in [0.2, 0.25) is 0 Å². The molecule has 1 aromatic rings. The van der Waals surface area contributed by atoms with Crippen molar-refractivity contribution in [2.24, 2.45) is 5.16 Å². The number of rotatable bonds is 2. The number of oxime groups is 1. The van der Waals surface area contributed by atoms with Crippen molar-refractivity contribution in [2.45, 2.75) is 5.03 Å². The summed E-state index contributed by atoms with van der Waals surface area (Å²) in [6.07, 6.45) is 1.14. The molecule has 0 saturated heterocycles. The zero-order chi connectivity index (χ0) is 10.9. The zero-order valence-corrected chi connectivity index (χ0v) is 9.15. The molecule has 1 aliphatic rings. The van der Waals surface area contributed by atoms with Gasteiger partial charge in [-0.3, -0.25) is 5.10 Å². The van der Waals surface area contributed by atoms with Gasteiger partial charge in [-0.1, -0.05) is 0 Å². The maximum Gasteiger partial charge on any atom is 1.00 e. The van der Waals surface area contributed by atoms with Gasteiger partial charge in [0.1, 0.15) is 16.7 Å². The van der Waals surface area contributed by atoms with Crippen LogP contribution in [0.25, 0.3) is 0 Å². The van der Waals surface area contributed by atoms with Crippen LogP contribution in [0.5, 0.6) is 0 Å². The van der Waals surface area contributed by atoms with Crippen molar-refractivity contribution < 1.29 is 41.4 Å². The first-order chi connectivity index (χ1) is 7.09. The van der Waals surface area contributed by atoms with Gasteiger partial charge < -0.3 is 14.1 Å². The summed E-state index contributed by atoms with van der Waals surface area (Å²) in [5, 5.41) is 8.42. The minimum Gasteiger partial charge on any atom is -0.743 e. The normalized spacial score (nSPS) is 15.4. The molecular formula is C6H6LiN3O5S. The molecule has 1 aromatic heterocycles. The summed E-state index contributed by atoms with van der Waals surface area (Å²) in [5.41, 5.74) is -0.0234. The third kappa shape index (κ3) is 2.56. The van der Waals surface area contributed by atoms with Crippen molar-refractivity contribution in [2.75, 3.05) is 13.2 Å². The van der Waals surface area contributed by atoms with Gasteiger partial charge in [0, 0.05) is 0 Å². The van der Waals surface area contributed by atoms with Crippen LogP contribution in [0.2, 0.25) is 0 Å². The third-order valence-corrected chi connectivity index (χ3v) is 2.46. The second-order valence-electron chi connectivity index (χ2n) is 2.65. The van der Waals surface area contributed by atoms with Gasteiger partial charge >= 0.3 is 18.9 Å². The van der Waals surface area contributed by atoms with Crippen molar-refractivity contribution in [3.63, 3.8) is 0 Å². The first-order valence-corrected chi connectivity index (χ1v) is 5.32. The molecule has 0 saturated carbocycles. The molecule has 16 heavy (non-hydrogen) atoms. The molecule has 0 spiro atoms. The van der Waals surface area contributed by atoms with Crippen LogP contribution in [-0.2, 0) is 19.7 Å². The maximum atomic E-state index is 10.8. The largest absolute Gasteiger partial charge is 1.00 e. The van der Waals surface area contributed by atoms with Gasteiger partial charge in [0.25, 0.3) is 5.90 Å². The van der Waals surface area contributed by atoms with Crippen molar-refractivity contribution in [3.8, 4) is 0 Å². The molecule has 0 aromatic carbocycles.